The molecule has 0 atom stereocenters. The Morgan fingerprint density at radius 1 is 1.44 bits per heavy atom. The average Bonchev–Trinajstić information content (AvgIpc) is 3.16. The van der Waals surface area contributed by atoms with Crippen molar-refractivity contribution in [2.75, 3.05) is 13.7 Å². The summed E-state index contributed by atoms with van der Waals surface area (Å²) in [5, 5.41) is 18.2. The fraction of sp³-hybridized carbons (Fsp3) is 0.462. The van der Waals surface area contributed by atoms with Gasteiger partial charge >= 0.3 is 5.97 Å². The summed E-state index contributed by atoms with van der Waals surface area (Å²) in [7, 11) is 1.43. The van der Waals surface area contributed by atoms with Gasteiger partial charge in [-0.15, -0.1) is 0 Å². The Labute approximate surface area is 105 Å². The highest BCUT2D eigenvalue weighted by Crippen LogP contribution is 2.39. The number of carboxylic acid groups (broad SMARTS) is 1. The van der Waals surface area contributed by atoms with Crippen LogP contribution in [0.25, 0.3) is 0 Å². The van der Waals surface area contributed by atoms with Crippen molar-refractivity contribution in [3.8, 4) is 5.75 Å². The van der Waals surface area contributed by atoms with E-state index in [9.17, 15) is 4.79 Å². The second-order valence-electron chi connectivity index (χ2n) is 4.47. The van der Waals surface area contributed by atoms with Crippen LogP contribution in [0, 0.1) is 0 Å². The lowest BCUT2D eigenvalue weighted by Gasteiger charge is -2.14. The van der Waals surface area contributed by atoms with E-state index in [2.05, 4.69) is 0 Å². The van der Waals surface area contributed by atoms with Gasteiger partial charge in [0.25, 0.3) is 0 Å². The standard InChI is InChI=1S/C13H16O5/c1-17-11-3-2-9(6-10(11)12(15)16)7-18-13(8-14)4-5-13/h2-3,6,14H,4-5,7-8H2,1H3,(H,15,16). The summed E-state index contributed by atoms with van der Waals surface area (Å²) in [6.07, 6.45) is 1.71. The molecule has 0 aromatic heterocycles. The number of hydrogen-bond acceptors (Lipinski definition) is 4. The molecular formula is C13H16O5. The molecule has 1 fully saturated rings. The van der Waals surface area contributed by atoms with Crippen LogP contribution in [0.5, 0.6) is 5.75 Å². The van der Waals surface area contributed by atoms with Gasteiger partial charge in [-0.1, -0.05) is 6.07 Å². The summed E-state index contributed by atoms with van der Waals surface area (Å²) in [5.74, 6) is -0.702. The molecule has 1 saturated carbocycles. The van der Waals surface area contributed by atoms with Gasteiger partial charge in [0, 0.05) is 0 Å². The minimum absolute atomic E-state index is 0.00887. The SMILES string of the molecule is COc1ccc(COC2(CO)CC2)cc1C(=O)O. The number of benzene rings is 1. The summed E-state index contributed by atoms with van der Waals surface area (Å²) in [4.78, 5) is 11.0. The number of methoxy groups -OCH3 is 1. The van der Waals surface area contributed by atoms with Gasteiger partial charge in [0.15, 0.2) is 0 Å². The zero-order valence-corrected chi connectivity index (χ0v) is 10.2. The number of aromatic carboxylic acids is 1. The smallest absolute Gasteiger partial charge is 0.339 e. The van der Waals surface area contributed by atoms with E-state index in [1.165, 1.54) is 13.2 Å². The van der Waals surface area contributed by atoms with E-state index < -0.39 is 11.6 Å². The van der Waals surface area contributed by atoms with Crippen LogP contribution < -0.4 is 4.74 Å². The minimum atomic E-state index is -1.03. The first-order valence-electron chi connectivity index (χ1n) is 5.75. The molecular weight excluding hydrogens is 236 g/mol. The zero-order chi connectivity index (χ0) is 13.2. The predicted octanol–water partition coefficient (Wildman–Crippen LogP) is 1.43. The molecule has 1 aliphatic carbocycles. The zero-order valence-electron chi connectivity index (χ0n) is 10.2. The molecule has 0 amide bonds. The summed E-state index contributed by atoms with van der Waals surface area (Å²) in [5.41, 5.74) is 0.476. The largest absolute Gasteiger partial charge is 0.496 e. The van der Waals surface area contributed by atoms with Crippen LogP contribution in [0.3, 0.4) is 0 Å². The molecule has 0 radical (unpaired) electrons. The van der Waals surface area contributed by atoms with Gasteiger partial charge in [-0.25, -0.2) is 4.79 Å². The molecule has 0 aliphatic heterocycles. The van der Waals surface area contributed by atoms with E-state index in [1.54, 1.807) is 12.1 Å². The highest BCUT2D eigenvalue weighted by Gasteiger charge is 2.43. The van der Waals surface area contributed by atoms with Crippen LogP contribution >= 0.6 is 0 Å². The van der Waals surface area contributed by atoms with Crippen LogP contribution in [0.1, 0.15) is 28.8 Å². The second-order valence-corrected chi connectivity index (χ2v) is 4.47. The van der Waals surface area contributed by atoms with Crippen molar-refractivity contribution >= 4 is 5.97 Å². The quantitative estimate of drug-likeness (QED) is 0.801. The molecule has 2 N–H and O–H groups in total. The molecule has 1 aliphatic rings. The van der Waals surface area contributed by atoms with Crippen LogP contribution in [0.15, 0.2) is 18.2 Å². The van der Waals surface area contributed by atoms with E-state index in [0.29, 0.717) is 12.4 Å². The molecule has 18 heavy (non-hydrogen) atoms. The number of carbonyl (C=O) groups is 1. The average molecular weight is 252 g/mol. The van der Waals surface area contributed by atoms with Crippen LogP contribution in [-0.4, -0.2) is 35.5 Å². The first kappa shape index (κ1) is 12.9. The second kappa shape index (κ2) is 4.96. The van der Waals surface area contributed by atoms with Gasteiger partial charge < -0.3 is 19.7 Å². The minimum Gasteiger partial charge on any atom is -0.496 e. The first-order chi connectivity index (χ1) is 8.60. The number of hydrogen-bond donors (Lipinski definition) is 2. The Hall–Kier alpha value is -1.59. The molecule has 0 bridgehead atoms. The topological polar surface area (TPSA) is 76.0 Å². The molecule has 0 heterocycles. The highest BCUT2D eigenvalue weighted by atomic mass is 16.5. The number of rotatable bonds is 6. The van der Waals surface area contributed by atoms with Crippen molar-refractivity contribution in [3.63, 3.8) is 0 Å². The van der Waals surface area contributed by atoms with Gasteiger partial charge in [0.2, 0.25) is 0 Å². The molecule has 98 valence electrons. The van der Waals surface area contributed by atoms with Crippen LogP contribution in [0.2, 0.25) is 0 Å². The predicted molar refractivity (Wildman–Crippen MR) is 63.8 cm³/mol. The Morgan fingerprint density at radius 2 is 2.17 bits per heavy atom. The lowest BCUT2D eigenvalue weighted by atomic mass is 10.1. The fourth-order valence-corrected chi connectivity index (χ4v) is 1.74. The van der Waals surface area contributed by atoms with E-state index in [1.807, 2.05) is 0 Å². The molecule has 5 nitrogen and oxygen atoms in total. The summed E-state index contributed by atoms with van der Waals surface area (Å²) in [6.45, 7) is 0.305. The Kier molecular flexibility index (Phi) is 3.54. The lowest BCUT2D eigenvalue weighted by molar-refractivity contribution is -0.0174. The number of carboxylic acids is 1. The maximum atomic E-state index is 11.0. The Bertz CT molecular complexity index is 451. The number of aliphatic hydroxyl groups excluding tert-OH is 1. The van der Waals surface area contributed by atoms with Gasteiger partial charge in [0.1, 0.15) is 11.3 Å². The van der Waals surface area contributed by atoms with Gasteiger partial charge in [-0.2, -0.15) is 0 Å². The molecule has 5 heteroatoms. The molecule has 0 spiro atoms. The van der Waals surface area contributed by atoms with Gasteiger partial charge in [-0.05, 0) is 30.5 Å². The molecule has 2 rings (SSSR count). The number of ether oxygens (including phenoxy) is 2. The monoisotopic (exact) mass is 252 g/mol. The third kappa shape index (κ3) is 2.63. The van der Waals surface area contributed by atoms with Crippen molar-refractivity contribution in [1.82, 2.24) is 0 Å². The molecule has 0 unspecified atom stereocenters. The summed E-state index contributed by atoms with van der Waals surface area (Å²) >= 11 is 0. The van der Waals surface area contributed by atoms with Crippen molar-refractivity contribution in [3.05, 3.63) is 29.3 Å². The van der Waals surface area contributed by atoms with Gasteiger partial charge in [-0.3, -0.25) is 0 Å². The van der Waals surface area contributed by atoms with E-state index in [4.69, 9.17) is 19.7 Å². The van der Waals surface area contributed by atoms with E-state index in [-0.39, 0.29) is 12.2 Å². The van der Waals surface area contributed by atoms with Crippen molar-refractivity contribution < 1.29 is 24.5 Å². The Morgan fingerprint density at radius 3 is 2.67 bits per heavy atom. The lowest BCUT2D eigenvalue weighted by Crippen LogP contribution is -2.18. The first-order valence-corrected chi connectivity index (χ1v) is 5.75. The molecule has 1 aromatic carbocycles. The highest BCUT2D eigenvalue weighted by molar-refractivity contribution is 5.91. The third-order valence-electron chi connectivity index (χ3n) is 3.14. The summed E-state index contributed by atoms with van der Waals surface area (Å²) < 4.78 is 10.6. The van der Waals surface area contributed by atoms with E-state index >= 15 is 0 Å². The van der Waals surface area contributed by atoms with Gasteiger partial charge in [0.05, 0.1) is 25.9 Å². The van der Waals surface area contributed by atoms with Crippen molar-refractivity contribution in [2.24, 2.45) is 0 Å². The van der Waals surface area contributed by atoms with E-state index in [0.717, 1.165) is 18.4 Å². The van der Waals surface area contributed by atoms with Crippen LogP contribution in [-0.2, 0) is 11.3 Å². The fourth-order valence-electron chi connectivity index (χ4n) is 1.74. The summed E-state index contributed by atoms with van der Waals surface area (Å²) in [6, 6.07) is 4.91. The molecule has 1 aromatic rings. The van der Waals surface area contributed by atoms with Crippen LogP contribution in [0.4, 0.5) is 0 Å². The number of aliphatic hydroxyl groups is 1. The normalized spacial score (nSPS) is 16.3. The third-order valence-corrected chi connectivity index (χ3v) is 3.14. The molecule has 0 saturated heterocycles. The maximum absolute atomic E-state index is 11.0. The Balaban J connectivity index is 2.09. The maximum Gasteiger partial charge on any atom is 0.339 e. The van der Waals surface area contributed by atoms with Crippen molar-refractivity contribution in [2.45, 2.75) is 25.0 Å². The van der Waals surface area contributed by atoms with Crippen molar-refractivity contribution in [1.29, 1.82) is 0 Å².